The lowest BCUT2D eigenvalue weighted by Gasteiger charge is -2.23. The maximum Gasteiger partial charge on any atom is 0.159 e. The molecule has 0 saturated heterocycles. The van der Waals surface area contributed by atoms with Crippen LogP contribution < -0.4 is 5.32 Å². The van der Waals surface area contributed by atoms with E-state index in [1.165, 1.54) is 6.07 Å². The third-order valence-corrected chi connectivity index (χ3v) is 3.29. The van der Waals surface area contributed by atoms with Crippen LogP contribution in [0.4, 0.5) is 8.78 Å². The summed E-state index contributed by atoms with van der Waals surface area (Å²) in [6.07, 6.45) is 3.25. The molecule has 2 N–H and O–H groups in total. The monoisotopic (exact) mass is 271 g/mol. The Kier molecular flexibility index (Phi) is 6.95. The van der Waals surface area contributed by atoms with Gasteiger partial charge in [0.15, 0.2) is 11.6 Å². The second kappa shape index (κ2) is 8.23. The average Bonchev–Trinajstić information content (AvgIpc) is 2.41. The molecule has 0 bridgehead atoms. The molecule has 0 aliphatic rings. The summed E-state index contributed by atoms with van der Waals surface area (Å²) < 4.78 is 26.0. The quantitative estimate of drug-likeness (QED) is 0.709. The van der Waals surface area contributed by atoms with Gasteiger partial charge in [0.1, 0.15) is 0 Å². The molecule has 0 aromatic heterocycles. The van der Waals surface area contributed by atoms with Crippen LogP contribution in [0.5, 0.6) is 0 Å². The van der Waals surface area contributed by atoms with Gasteiger partial charge in [-0.15, -0.1) is 0 Å². The van der Waals surface area contributed by atoms with Crippen molar-refractivity contribution in [3.05, 3.63) is 35.4 Å². The van der Waals surface area contributed by atoms with Crippen LogP contribution in [-0.4, -0.2) is 17.7 Å². The van der Waals surface area contributed by atoms with Crippen molar-refractivity contribution >= 4 is 0 Å². The zero-order valence-electron chi connectivity index (χ0n) is 11.6. The predicted molar refractivity (Wildman–Crippen MR) is 72.9 cm³/mol. The van der Waals surface area contributed by atoms with Crippen LogP contribution in [0.3, 0.4) is 0 Å². The smallest absolute Gasteiger partial charge is 0.159 e. The van der Waals surface area contributed by atoms with Crippen LogP contribution in [0.2, 0.25) is 0 Å². The van der Waals surface area contributed by atoms with E-state index in [4.69, 9.17) is 0 Å². The van der Waals surface area contributed by atoms with Gasteiger partial charge in [-0.25, -0.2) is 8.78 Å². The highest BCUT2D eigenvalue weighted by molar-refractivity contribution is 5.21. The van der Waals surface area contributed by atoms with E-state index < -0.39 is 17.7 Å². The van der Waals surface area contributed by atoms with Crippen molar-refractivity contribution in [2.24, 2.45) is 0 Å². The van der Waals surface area contributed by atoms with Crippen molar-refractivity contribution < 1.29 is 13.9 Å². The number of hydrogen-bond acceptors (Lipinski definition) is 2. The summed E-state index contributed by atoms with van der Waals surface area (Å²) in [6, 6.07) is 3.41. The van der Waals surface area contributed by atoms with E-state index in [2.05, 4.69) is 12.2 Å². The SMILES string of the molecule is CCCCCNC(CC)C(O)c1ccc(F)c(F)c1. The minimum atomic E-state index is -0.919. The Hall–Kier alpha value is -1.00. The molecule has 0 heterocycles. The second-order valence-electron chi connectivity index (χ2n) is 4.79. The fourth-order valence-electron chi connectivity index (χ4n) is 2.07. The molecule has 19 heavy (non-hydrogen) atoms. The van der Waals surface area contributed by atoms with Crippen LogP contribution in [0.1, 0.15) is 51.2 Å². The topological polar surface area (TPSA) is 32.3 Å². The largest absolute Gasteiger partial charge is 0.387 e. The molecular weight excluding hydrogens is 248 g/mol. The number of rotatable bonds is 8. The standard InChI is InChI=1S/C15H23F2NO/c1-3-5-6-9-18-14(4-2)15(19)11-7-8-12(16)13(17)10-11/h7-8,10,14-15,18-19H,3-6,9H2,1-2H3. The van der Waals surface area contributed by atoms with E-state index in [1.54, 1.807) is 0 Å². The highest BCUT2D eigenvalue weighted by Gasteiger charge is 2.19. The molecule has 1 rings (SSSR count). The van der Waals surface area contributed by atoms with Gasteiger partial charge < -0.3 is 10.4 Å². The van der Waals surface area contributed by atoms with E-state index in [1.807, 2.05) is 6.92 Å². The van der Waals surface area contributed by atoms with Gasteiger partial charge in [0, 0.05) is 6.04 Å². The van der Waals surface area contributed by atoms with Gasteiger partial charge >= 0.3 is 0 Å². The average molecular weight is 271 g/mol. The zero-order chi connectivity index (χ0) is 14.3. The number of unbranched alkanes of at least 4 members (excludes halogenated alkanes) is 2. The molecule has 0 aliphatic heterocycles. The summed E-state index contributed by atoms with van der Waals surface area (Å²) in [4.78, 5) is 0. The Bertz CT molecular complexity index is 384. The van der Waals surface area contributed by atoms with Crippen LogP contribution in [0.25, 0.3) is 0 Å². The first-order chi connectivity index (χ1) is 9.10. The Morgan fingerprint density at radius 1 is 1.16 bits per heavy atom. The van der Waals surface area contributed by atoms with Gasteiger partial charge in [-0.05, 0) is 37.1 Å². The van der Waals surface area contributed by atoms with Gasteiger partial charge in [-0.2, -0.15) is 0 Å². The summed E-state index contributed by atoms with van der Waals surface area (Å²) in [5, 5.41) is 13.5. The molecule has 1 aromatic carbocycles. The predicted octanol–water partition coefficient (Wildman–Crippen LogP) is 3.56. The molecule has 0 amide bonds. The van der Waals surface area contributed by atoms with E-state index in [0.717, 1.165) is 44.4 Å². The number of aliphatic hydroxyl groups excluding tert-OH is 1. The third-order valence-electron chi connectivity index (χ3n) is 3.29. The van der Waals surface area contributed by atoms with Crippen LogP contribution in [-0.2, 0) is 0 Å². The molecule has 0 saturated carbocycles. The maximum atomic E-state index is 13.2. The van der Waals surface area contributed by atoms with Crippen LogP contribution >= 0.6 is 0 Å². The Morgan fingerprint density at radius 2 is 1.89 bits per heavy atom. The molecule has 2 atom stereocenters. The summed E-state index contributed by atoms with van der Waals surface area (Å²) in [6.45, 7) is 4.92. The molecule has 0 spiro atoms. The van der Waals surface area contributed by atoms with Crippen molar-refractivity contribution in [3.8, 4) is 0 Å². The molecule has 0 radical (unpaired) electrons. The fraction of sp³-hybridized carbons (Fsp3) is 0.600. The molecule has 108 valence electrons. The van der Waals surface area contributed by atoms with E-state index in [0.29, 0.717) is 5.56 Å². The number of halogens is 2. The van der Waals surface area contributed by atoms with Gasteiger partial charge in [0.2, 0.25) is 0 Å². The summed E-state index contributed by atoms with van der Waals surface area (Å²) in [5.41, 5.74) is 0.411. The van der Waals surface area contributed by atoms with E-state index >= 15 is 0 Å². The van der Waals surface area contributed by atoms with Gasteiger partial charge in [-0.1, -0.05) is 32.8 Å². The molecular formula is C15H23F2NO. The summed E-state index contributed by atoms with van der Waals surface area (Å²) >= 11 is 0. The minimum Gasteiger partial charge on any atom is -0.387 e. The molecule has 1 aromatic rings. The lowest BCUT2D eigenvalue weighted by Crippen LogP contribution is -2.35. The highest BCUT2D eigenvalue weighted by atomic mass is 19.2. The van der Waals surface area contributed by atoms with Gasteiger partial charge in [0.25, 0.3) is 0 Å². The van der Waals surface area contributed by atoms with Crippen molar-refractivity contribution in [1.29, 1.82) is 0 Å². The molecule has 2 nitrogen and oxygen atoms in total. The third kappa shape index (κ3) is 4.88. The van der Waals surface area contributed by atoms with Gasteiger partial charge in [0.05, 0.1) is 6.10 Å². The van der Waals surface area contributed by atoms with E-state index in [-0.39, 0.29) is 6.04 Å². The minimum absolute atomic E-state index is 0.137. The lowest BCUT2D eigenvalue weighted by atomic mass is 10.00. The number of benzene rings is 1. The van der Waals surface area contributed by atoms with Crippen molar-refractivity contribution in [1.82, 2.24) is 5.32 Å². The Morgan fingerprint density at radius 3 is 2.47 bits per heavy atom. The second-order valence-corrected chi connectivity index (χ2v) is 4.79. The summed E-state index contributed by atoms with van der Waals surface area (Å²) in [5.74, 6) is -1.81. The first kappa shape index (κ1) is 16.1. The Labute approximate surface area is 113 Å². The maximum absolute atomic E-state index is 13.2. The molecule has 2 unspecified atom stereocenters. The molecule has 0 aliphatic carbocycles. The van der Waals surface area contributed by atoms with E-state index in [9.17, 15) is 13.9 Å². The molecule has 0 fully saturated rings. The summed E-state index contributed by atoms with van der Waals surface area (Å²) in [7, 11) is 0. The van der Waals surface area contributed by atoms with Crippen molar-refractivity contribution in [2.45, 2.75) is 51.7 Å². The lowest BCUT2D eigenvalue weighted by molar-refractivity contribution is 0.125. The van der Waals surface area contributed by atoms with Crippen molar-refractivity contribution in [2.75, 3.05) is 6.54 Å². The normalized spacial score (nSPS) is 14.4. The fourth-order valence-corrected chi connectivity index (χ4v) is 2.07. The Balaban J connectivity index is 2.61. The number of nitrogens with one attached hydrogen (secondary N) is 1. The molecule has 4 heteroatoms. The zero-order valence-corrected chi connectivity index (χ0v) is 11.6. The highest BCUT2D eigenvalue weighted by Crippen LogP contribution is 2.21. The number of hydrogen-bond donors (Lipinski definition) is 2. The first-order valence-electron chi connectivity index (χ1n) is 6.96. The van der Waals surface area contributed by atoms with Crippen LogP contribution in [0, 0.1) is 11.6 Å². The van der Waals surface area contributed by atoms with Gasteiger partial charge in [-0.3, -0.25) is 0 Å². The van der Waals surface area contributed by atoms with Crippen LogP contribution in [0.15, 0.2) is 18.2 Å². The first-order valence-corrected chi connectivity index (χ1v) is 6.96. The number of aliphatic hydroxyl groups is 1. The van der Waals surface area contributed by atoms with Crippen molar-refractivity contribution in [3.63, 3.8) is 0 Å².